The Bertz CT molecular complexity index is 1680. The Morgan fingerprint density at radius 1 is 1.02 bits per heavy atom. The number of nitrogens with zero attached hydrogens (tertiary/aromatic N) is 3. The summed E-state index contributed by atoms with van der Waals surface area (Å²) in [5.41, 5.74) is 3.74. The molecular weight excluding hydrogens is 532 g/mol. The molecule has 11 heteroatoms. The molecule has 1 N–H and O–H groups in total. The molecule has 0 radical (unpaired) electrons. The number of rotatable bonds is 9. The summed E-state index contributed by atoms with van der Waals surface area (Å²) in [5, 5.41) is 8.31. The number of ether oxygens (including phenoxy) is 3. The van der Waals surface area contributed by atoms with Gasteiger partial charge in [-0.1, -0.05) is 18.2 Å². The third-order valence-electron chi connectivity index (χ3n) is 7.19. The van der Waals surface area contributed by atoms with Crippen molar-refractivity contribution in [2.75, 3.05) is 39.4 Å². The lowest BCUT2D eigenvalue weighted by Crippen LogP contribution is -2.26. The van der Waals surface area contributed by atoms with E-state index < -0.39 is 9.84 Å². The molecule has 40 heavy (non-hydrogen) atoms. The summed E-state index contributed by atoms with van der Waals surface area (Å²) in [6.45, 7) is 2.20. The third kappa shape index (κ3) is 5.33. The monoisotopic (exact) mass is 564 g/mol. The maximum absolute atomic E-state index is 13.6. The van der Waals surface area contributed by atoms with Crippen molar-refractivity contribution in [2.24, 2.45) is 0 Å². The number of carbonyl (C=O) groups is 1. The van der Waals surface area contributed by atoms with Crippen LogP contribution in [-0.4, -0.2) is 68.5 Å². The summed E-state index contributed by atoms with van der Waals surface area (Å²) >= 11 is 0. The maximum atomic E-state index is 13.6. The van der Waals surface area contributed by atoms with Crippen molar-refractivity contribution in [1.82, 2.24) is 20.1 Å². The number of hydrogen-bond acceptors (Lipinski definition) is 8. The lowest BCUT2D eigenvalue weighted by Gasteiger charge is -2.14. The van der Waals surface area contributed by atoms with Gasteiger partial charge in [0.15, 0.2) is 27.0 Å². The van der Waals surface area contributed by atoms with E-state index in [0.29, 0.717) is 64.4 Å². The fraction of sp³-hybridized carbons (Fsp3) is 0.345. The van der Waals surface area contributed by atoms with Gasteiger partial charge in [0.25, 0.3) is 5.91 Å². The number of benzene rings is 2. The summed E-state index contributed by atoms with van der Waals surface area (Å²) in [4.78, 5) is 18.5. The van der Waals surface area contributed by atoms with Gasteiger partial charge in [-0.3, -0.25) is 4.79 Å². The number of carbonyl (C=O) groups excluding carboxylic acids is 1. The zero-order valence-corrected chi connectivity index (χ0v) is 23.7. The quantitative estimate of drug-likeness (QED) is 0.326. The van der Waals surface area contributed by atoms with Crippen molar-refractivity contribution in [2.45, 2.75) is 25.8 Å². The molecule has 210 valence electrons. The molecule has 1 fully saturated rings. The van der Waals surface area contributed by atoms with Crippen LogP contribution in [0.1, 0.15) is 34.1 Å². The average Bonchev–Trinajstić information content (AvgIpc) is 3.50. The molecule has 0 aliphatic carbocycles. The Kier molecular flexibility index (Phi) is 7.66. The van der Waals surface area contributed by atoms with Crippen LogP contribution in [0.3, 0.4) is 0 Å². The Hall–Kier alpha value is -4.12. The van der Waals surface area contributed by atoms with Crippen LogP contribution in [0.25, 0.3) is 22.3 Å². The standard InChI is InChI=1S/C29H32N4O6S/c1-18-27-22(29(34)30-13-11-19-7-5-6-8-24(19)37-2)16-23(20-9-10-25(38-3)26(15-20)39-4)31-28(27)33(32-18)21-12-14-40(35,36)17-21/h5-10,15-16,21H,11-14,17H2,1-4H3,(H,30,34). The lowest BCUT2D eigenvalue weighted by molar-refractivity contribution is 0.0955. The minimum Gasteiger partial charge on any atom is -0.496 e. The van der Waals surface area contributed by atoms with Crippen LogP contribution in [0.5, 0.6) is 17.2 Å². The number of hydrogen-bond donors (Lipinski definition) is 1. The van der Waals surface area contributed by atoms with E-state index in [2.05, 4.69) is 10.4 Å². The molecule has 1 aliphatic heterocycles. The first-order valence-corrected chi connectivity index (χ1v) is 14.8. The fourth-order valence-electron chi connectivity index (χ4n) is 5.17. The van der Waals surface area contributed by atoms with E-state index >= 15 is 0 Å². The Morgan fingerprint density at radius 2 is 1.77 bits per heavy atom. The first-order chi connectivity index (χ1) is 19.2. The second kappa shape index (κ2) is 11.2. The van der Waals surface area contributed by atoms with Crippen molar-refractivity contribution in [1.29, 1.82) is 0 Å². The number of methoxy groups -OCH3 is 3. The van der Waals surface area contributed by atoms with Crippen molar-refractivity contribution >= 4 is 26.8 Å². The molecule has 0 spiro atoms. The number of amides is 1. The highest BCUT2D eigenvalue weighted by atomic mass is 32.2. The van der Waals surface area contributed by atoms with Gasteiger partial charge >= 0.3 is 0 Å². The molecule has 0 bridgehead atoms. The molecule has 1 atom stereocenters. The van der Waals surface area contributed by atoms with Gasteiger partial charge in [0.2, 0.25) is 0 Å². The van der Waals surface area contributed by atoms with Crippen molar-refractivity contribution in [3.05, 3.63) is 65.4 Å². The predicted molar refractivity (Wildman–Crippen MR) is 152 cm³/mol. The Morgan fingerprint density at radius 3 is 2.48 bits per heavy atom. The fourth-order valence-corrected chi connectivity index (χ4v) is 6.87. The van der Waals surface area contributed by atoms with Gasteiger partial charge in [-0.25, -0.2) is 18.1 Å². The molecule has 10 nitrogen and oxygen atoms in total. The van der Waals surface area contributed by atoms with E-state index in [1.807, 2.05) is 37.3 Å². The first-order valence-electron chi connectivity index (χ1n) is 13.0. The van der Waals surface area contributed by atoms with Gasteiger partial charge < -0.3 is 19.5 Å². The van der Waals surface area contributed by atoms with Gasteiger partial charge in [-0.05, 0) is 55.7 Å². The SMILES string of the molecule is COc1ccccc1CCNC(=O)c1cc(-c2ccc(OC)c(OC)c2)nc2c1c(C)nn2C1CCS(=O)(=O)C1. The second-order valence-corrected chi connectivity index (χ2v) is 12.0. The molecular formula is C29H32N4O6S. The zero-order chi connectivity index (χ0) is 28.4. The minimum atomic E-state index is -3.16. The molecule has 0 saturated carbocycles. The van der Waals surface area contributed by atoms with E-state index in [4.69, 9.17) is 19.2 Å². The highest BCUT2D eigenvalue weighted by molar-refractivity contribution is 7.91. The van der Waals surface area contributed by atoms with E-state index in [-0.39, 0.29) is 23.5 Å². The molecule has 1 amide bonds. The summed E-state index contributed by atoms with van der Waals surface area (Å²) in [6.07, 6.45) is 1.03. The highest BCUT2D eigenvalue weighted by Crippen LogP contribution is 2.35. The predicted octanol–water partition coefficient (Wildman–Crippen LogP) is 3.76. The topological polar surface area (TPSA) is 122 Å². The molecule has 1 aliphatic rings. The summed E-state index contributed by atoms with van der Waals surface area (Å²) < 4.78 is 42.5. The number of sulfone groups is 1. The van der Waals surface area contributed by atoms with Crippen molar-refractivity contribution in [3.8, 4) is 28.5 Å². The number of para-hydroxylation sites is 1. The smallest absolute Gasteiger partial charge is 0.252 e. The normalized spacial score (nSPS) is 16.1. The molecule has 3 heterocycles. The maximum Gasteiger partial charge on any atom is 0.252 e. The lowest BCUT2D eigenvalue weighted by atomic mass is 10.0. The van der Waals surface area contributed by atoms with E-state index in [0.717, 1.165) is 11.3 Å². The largest absolute Gasteiger partial charge is 0.496 e. The molecule has 2 aromatic heterocycles. The summed E-state index contributed by atoms with van der Waals surface area (Å²) in [6, 6.07) is 14.5. The average molecular weight is 565 g/mol. The van der Waals surface area contributed by atoms with Gasteiger partial charge in [0, 0.05) is 12.1 Å². The zero-order valence-electron chi connectivity index (χ0n) is 22.9. The van der Waals surface area contributed by atoms with Crippen LogP contribution >= 0.6 is 0 Å². The minimum absolute atomic E-state index is 0.00801. The van der Waals surface area contributed by atoms with Crippen LogP contribution < -0.4 is 19.5 Å². The molecule has 2 aromatic carbocycles. The van der Waals surface area contributed by atoms with Crippen LogP contribution in [0, 0.1) is 6.92 Å². The van der Waals surface area contributed by atoms with Crippen LogP contribution in [0.2, 0.25) is 0 Å². The second-order valence-electron chi connectivity index (χ2n) is 9.73. The first kappa shape index (κ1) is 27.4. The highest BCUT2D eigenvalue weighted by Gasteiger charge is 2.32. The number of nitrogens with one attached hydrogen (secondary N) is 1. The number of aryl methyl sites for hydroxylation is 1. The van der Waals surface area contributed by atoms with Gasteiger partial charge in [0.1, 0.15) is 5.75 Å². The van der Waals surface area contributed by atoms with Gasteiger partial charge in [0.05, 0.1) is 61.2 Å². The number of pyridine rings is 1. The van der Waals surface area contributed by atoms with Crippen molar-refractivity contribution in [3.63, 3.8) is 0 Å². The Labute approximate surface area is 233 Å². The van der Waals surface area contributed by atoms with Gasteiger partial charge in [-0.2, -0.15) is 5.10 Å². The van der Waals surface area contributed by atoms with E-state index in [9.17, 15) is 13.2 Å². The van der Waals surface area contributed by atoms with Crippen LogP contribution in [-0.2, 0) is 16.3 Å². The third-order valence-corrected chi connectivity index (χ3v) is 8.94. The van der Waals surface area contributed by atoms with Gasteiger partial charge in [-0.15, -0.1) is 0 Å². The van der Waals surface area contributed by atoms with Crippen LogP contribution in [0.4, 0.5) is 0 Å². The number of aromatic nitrogens is 3. The summed E-state index contributed by atoms with van der Waals surface area (Å²) in [5.74, 6) is 1.68. The van der Waals surface area contributed by atoms with E-state index in [1.54, 1.807) is 44.2 Å². The Balaban J connectivity index is 1.56. The molecule has 1 unspecified atom stereocenters. The van der Waals surface area contributed by atoms with Crippen LogP contribution in [0.15, 0.2) is 48.5 Å². The number of fused-ring (bicyclic) bond motifs is 1. The molecule has 4 aromatic rings. The molecule has 5 rings (SSSR count). The van der Waals surface area contributed by atoms with Crippen molar-refractivity contribution < 1.29 is 27.4 Å². The summed E-state index contributed by atoms with van der Waals surface area (Å²) in [7, 11) is 1.58. The molecule has 1 saturated heterocycles. The van der Waals surface area contributed by atoms with E-state index in [1.165, 1.54) is 0 Å².